The molecule has 1 aliphatic rings. The molecule has 3 nitrogen and oxygen atoms in total. The highest BCUT2D eigenvalue weighted by atomic mass is 16.3. The number of benzene rings is 1. The minimum atomic E-state index is -0.332. The van der Waals surface area contributed by atoms with Crippen LogP contribution in [-0.2, 0) is 11.2 Å². The minimum Gasteiger partial charge on any atom is -0.394 e. The summed E-state index contributed by atoms with van der Waals surface area (Å²) in [5.41, 5.74) is 2.21. The standard InChI is InChI=1S/C17H25NO2/c1-14-7-9-15(10-8-14)5-4-6-16(20)18-17(13-19)11-2-3-12-17/h7-10,19H,2-6,11-13H2,1H3,(H,18,20). The summed E-state index contributed by atoms with van der Waals surface area (Å²) in [6.45, 7) is 2.14. The van der Waals surface area contributed by atoms with Crippen LogP contribution < -0.4 is 5.32 Å². The lowest BCUT2D eigenvalue weighted by Gasteiger charge is -2.28. The fourth-order valence-electron chi connectivity index (χ4n) is 2.94. The molecule has 1 aromatic carbocycles. The Morgan fingerprint density at radius 2 is 1.90 bits per heavy atom. The molecule has 0 saturated heterocycles. The van der Waals surface area contributed by atoms with Crippen LogP contribution in [0.2, 0.25) is 0 Å². The first-order chi connectivity index (χ1) is 9.63. The van der Waals surface area contributed by atoms with Crippen LogP contribution in [0.3, 0.4) is 0 Å². The highest BCUT2D eigenvalue weighted by Gasteiger charge is 2.34. The molecule has 0 heterocycles. The first-order valence-electron chi connectivity index (χ1n) is 7.61. The molecule has 0 bridgehead atoms. The summed E-state index contributed by atoms with van der Waals surface area (Å²) in [7, 11) is 0. The first-order valence-corrected chi connectivity index (χ1v) is 7.61. The lowest BCUT2D eigenvalue weighted by atomic mass is 9.98. The van der Waals surface area contributed by atoms with E-state index in [-0.39, 0.29) is 18.1 Å². The van der Waals surface area contributed by atoms with Gasteiger partial charge < -0.3 is 10.4 Å². The van der Waals surface area contributed by atoms with Crippen LogP contribution in [0.1, 0.15) is 49.7 Å². The Kier molecular flexibility index (Phi) is 5.18. The molecule has 1 amide bonds. The van der Waals surface area contributed by atoms with E-state index in [0.717, 1.165) is 38.5 Å². The maximum atomic E-state index is 12.0. The maximum absolute atomic E-state index is 12.0. The van der Waals surface area contributed by atoms with Crippen molar-refractivity contribution in [3.05, 3.63) is 35.4 Å². The number of hydrogen-bond acceptors (Lipinski definition) is 2. The van der Waals surface area contributed by atoms with Crippen molar-refractivity contribution in [1.82, 2.24) is 5.32 Å². The summed E-state index contributed by atoms with van der Waals surface area (Å²) >= 11 is 0. The van der Waals surface area contributed by atoms with Crippen molar-refractivity contribution in [3.8, 4) is 0 Å². The predicted molar refractivity (Wildman–Crippen MR) is 80.5 cm³/mol. The zero-order chi connectivity index (χ0) is 14.4. The second-order valence-corrected chi connectivity index (χ2v) is 6.03. The Labute approximate surface area is 121 Å². The van der Waals surface area contributed by atoms with Gasteiger partial charge in [-0.2, -0.15) is 0 Å². The molecule has 0 aromatic heterocycles. The van der Waals surface area contributed by atoms with E-state index < -0.39 is 0 Å². The molecule has 110 valence electrons. The Morgan fingerprint density at radius 3 is 2.50 bits per heavy atom. The van der Waals surface area contributed by atoms with Crippen molar-refractivity contribution >= 4 is 5.91 Å². The monoisotopic (exact) mass is 275 g/mol. The van der Waals surface area contributed by atoms with Gasteiger partial charge in [-0.3, -0.25) is 4.79 Å². The van der Waals surface area contributed by atoms with E-state index in [4.69, 9.17) is 0 Å². The van der Waals surface area contributed by atoms with Crippen molar-refractivity contribution in [3.63, 3.8) is 0 Å². The average Bonchev–Trinajstić information content (AvgIpc) is 2.90. The number of aliphatic hydroxyl groups is 1. The van der Waals surface area contributed by atoms with Gasteiger partial charge >= 0.3 is 0 Å². The molecule has 1 saturated carbocycles. The van der Waals surface area contributed by atoms with Crippen molar-refractivity contribution < 1.29 is 9.90 Å². The molecule has 20 heavy (non-hydrogen) atoms. The zero-order valence-electron chi connectivity index (χ0n) is 12.3. The second kappa shape index (κ2) is 6.89. The molecular formula is C17H25NO2. The molecule has 2 rings (SSSR count). The Balaban J connectivity index is 1.73. The maximum Gasteiger partial charge on any atom is 0.220 e. The Morgan fingerprint density at radius 1 is 1.25 bits per heavy atom. The molecule has 2 N–H and O–H groups in total. The number of carbonyl (C=O) groups excluding carboxylic acids is 1. The van der Waals surface area contributed by atoms with Gasteiger partial charge in [0.15, 0.2) is 0 Å². The second-order valence-electron chi connectivity index (χ2n) is 6.03. The van der Waals surface area contributed by atoms with Gasteiger partial charge in [0.05, 0.1) is 12.1 Å². The van der Waals surface area contributed by atoms with Crippen LogP contribution in [0.4, 0.5) is 0 Å². The van der Waals surface area contributed by atoms with Gasteiger partial charge in [-0.1, -0.05) is 42.7 Å². The van der Waals surface area contributed by atoms with Crippen LogP contribution in [-0.4, -0.2) is 23.2 Å². The number of rotatable bonds is 6. The highest BCUT2D eigenvalue weighted by Crippen LogP contribution is 2.29. The largest absolute Gasteiger partial charge is 0.394 e. The van der Waals surface area contributed by atoms with Crippen LogP contribution in [0, 0.1) is 6.92 Å². The topological polar surface area (TPSA) is 49.3 Å². The number of aliphatic hydroxyl groups excluding tert-OH is 1. The lowest BCUT2D eigenvalue weighted by molar-refractivity contribution is -0.123. The lowest BCUT2D eigenvalue weighted by Crippen LogP contribution is -2.49. The minimum absolute atomic E-state index is 0.0662. The van der Waals surface area contributed by atoms with Gasteiger partial charge in [-0.25, -0.2) is 0 Å². The van der Waals surface area contributed by atoms with Gasteiger partial charge in [-0.05, 0) is 38.2 Å². The zero-order valence-corrected chi connectivity index (χ0v) is 12.3. The third kappa shape index (κ3) is 4.07. The van der Waals surface area contributed by atoms with E-state index in [0.29, 0.717) is 6.42 Å². The third-order valence-electron chi connectivity index (χ3n) is 4.26. The first kappa shape index (κ1) is 15.0. The average molecular weight is 275 g/mol. The fourth-order valence-corrected chi connectivity index (χ4v) is 2.94. The summed E-state index contributed by atoms with van der Waals surface area (Å²) < 4.78 is 0. The summed E-state index contributed by atoms with van der Waals surface area (Å²) in [5.74, 6) is 0.0769. The molecule has 0 spiro atoms. The van der Waals surface area contributed by atoms with Gasteiger partial charge in [0.25, 0.3) is 0 Å². The fraction of sp³-hybridized carbons (Fsp3) is 0.588. The number of carbonyl (C=O) groups is 1. The molecule has 0 unspecified atom stereocenters. The van der Waals surface area contributed by atoms with E-state index in [1.54, 1.807) is 0 Å². The Bertz CT molecular complexity index is 433. The summed E-state index contributed by atoms with van der Waals surface area (Å²) in [6, 6.07) is 8.46. The van der Waals surface area contributed by atoms with Gasteiger partial charge in [0, 0.05) is 6.42 Å². The quantitative estimate of drug-likeness (QED) is 0.838. The van der Waals surface area contributed by atoms with Crippen molar-refractivity contribution in [1.29, 1.82) is 0 Å². The molecule has 1 aromatic rings. The molecule has 0 aliphatic heterocycles. The van der Waals surface area contributed by atoms with Gasteiger partial charge in [0.1, 0.15) is 0 Å². The van der Waals surface area contributed by atoms with E-state index in [2.05, 4.69) is 36.5 Å². The van der Waals surface area contributed by atoms with Crippen LogP contribution >= 0.6 is 0 Å². The number of amides is 1. The van der Waals surface area contributed by atoms with E-state index in [9.17, 15) is 9.90 Å². The smallest absolute Gasteiger partial charge is 0.220 e. The van der Waals surface area contributed by atoms with E-state index >= 15 is 0 Å². The number of hydrogen-bond donors (Lipinski definition) is 2. The van der Waals surface area contributed by atoms with Crippen molar-refractivity contribution in [2.24, 2.45) is 0 Å². The molecule has 1 fully saturated rings. The van der Waals surface area contributed by atoms with E-state index in [1.165, 1.54) is 11.1 Å². The third-order valence-corrected chi connectivity index (χ3v) is 4.26. The van der Waals surface area contributed by atoms with Crippen LogP contribution in [0.25, 0.3) is 0 Å². The summed E-state index contributed by atoms with van der Waals surface area (Å²) in [5, 5.41) is 12.5. The van der Waals surface area contributed by atoms with Gasteiger partial charge in [-0.15, -0.1) is 0 Å². The Hall–Kier alpha value is -1.35. The molecule has 3 heteroatoms. The molecular weight excluding hydrogens is 250 g/mol. The van der Waals surface area contributed by atoms with Crippen molar-refractivity contribution in [2.45, 2.75) is 57.4 Å². The van der Waals surface area contributed by atoms with Crippen LogP contribution in [0.15, 0.2) is 24.3 Å². The predicted octanol–water partition coefficient (Wildman–Crippen LogP) is 2.74. The van der Waals surface area contributed by atoms with Crippen LogP contribution in [0.5, 0.6) is 0 Å². The highest BCUT2D eigenvalue weighted by molar-refractivity contribution is 5.76. The number of aryl methyl sites for hydroxylation is 2. The van der Waals surface area contributed by atoms with E-state index in [1.807, 2.05) is 0 Å². The normalized spacial score (nSPS) is 17.1. The molecule has 1 aliphatic carbocycles. The number of nitrogens with one attached hydrogen (secondary N) is 1. The SMILES string of the molecule is Cc1ccc(CCCC(=O)NC2(CO)CCCC2)cc1. The molecule has 0 radical (unpaired) electrons. The van der Waals surface area contributed by atoms with Gasteiger partial charge in [0.2, 0.25) is 5.91 Å². The van der Waals surface area contributed by atoms with Crippen molar-refractivity contribution in [2.75, 3.05) is 6.61 Å². The summed E-state index contributed by atoms with van der Waals surface area (Å²) in [4.78, 5) is 12.0. The molecule has 0 atom stereocenters. The summed E-state index contributed by atoms with van der Waals surface area (Å²) in [6.07, 6.45) is 6.35.